The molecule has 138 valence electrons. The highest BCUT2D eigenvalue weighted by Crippen LogP contribution is 2.36. The van der Waals surface area contributed by atoms with Gasteiger partial charge in [0.05, 0.1) is 17.7 Å². The van der Waals surface area contributed by atoms with Gasteiger partial charge in [-0.1, -0.05) is 30.0 Å². The van der Waals surface area contributed by atoms with Crippen molar-refractivity contribution in [3.05, 3.63) is 47.1 Å². The molecule has 0 saturated heterocycles. The van der Waals surface area contributed by atoms with Crippen LogP contribution in [0.1, 0.15) is 23.8 Å². The lowest BCUT2D eigenvalue weighted by molar-refractivity contribution is -0.117. The molecule has 5 nitrogen and oxygen atoms in total. The topological polar surface area (TPSA) is 69.9 Å². The van der Waals surface area contributed by atoms with Gasteiger partial charge in [0.25, 0.3) is 0 Å². The van der Waals surface area contributed by atoms with E-state index in [4.69, 9.17) is 5.26 Å². The molecule has 0 saturated carbocycles. The summed E-state index contributed by atoms with van der Waals surface area (Å²) in [4.78, 5) is 25.8. The summed E-state index contributed by atoms with van der Waals surface area (Å²) < 4.78 is 0. The van der Waals surface area contributed by atoms with E-state index in [0.29, 0.717) is 13.0 Å². The first-order chi connectivity index (χ1) is 13.0. The van der Waals surface area contributed by atoms with Crippen molar-refractivity contribution in [3.63, 3.8) is 0 Å². The van der Waals surface area contributed by atoms with Gasteiger partial charge in [-0.2, -0.15) is 5.26 Å². The Bertz CT molecular complexity index is 994. The molecule has 2 aromatic heterocycles. The molecule has 0 unspecified atom stereocenters. The lowest BCUT2D eigenvalue weighted by atomic mass is 10.2. The molecule has 27 heavy (non-hydrogen) atoms. The Kier molecular flexibility index (Phi) is 6.09. The van der Waals surface area contributed by atoms with Crippen LogP contribution in [0.2, 0.25) is 0 Å². The summed E-state index contributed by atoms with van der Waals surface area (Å²) in [6, 6.07) is 11.6. The maximum absolute atomic E-state index is 13.1. The van der Waals surface area contributed by atoms with Crippen LogP contribution in [0.15, 0.2) is 41.7 Å². The molecular weight excluding hydrogens is 376 g/mol. The van der Waals surface area contributed by atoms with E-state index >= 15 is 0 Å². The number of aryl methyl sites for hydroxylation is 2. The Hall–Kier alpha value is -2.43. The third-order valence-electron chi connectivity index (χ3n) is 4.35. The van der Waals surface area contributed by atoms with Crippen LogP contribution in [0.25, 0.3) is 10.2 Å². The maximum atomic E-state index is 13.1. The molecule has 3 aromatic rings. The van der Waals surface area contributed by atoms with E-state index in [9.17, 15) is 4.79 Å². The maximum Gasteiger partial charge on any atom is 0.240 e. The number of nitrogens with zero attached hydrogens (tertiary/aromatic N) is 4. The number of thiophene rings is 1. The van der Waals surface area contributed by atoms with Crippen molar-refractivity contribution in [2.45, 2.75) is 37.5 Å². The fourth-order valence-corrected chi connectivity index (χ4v) is 4.91. The van der Waals surface area contributed by atoms with Gasteiger partial charge in [-0.25, -0.2) is 9.97 Å². The molecule has 1 aromatic carbocycles. The highest BCUT2D eigenvalue weighted by Gasteiger charge is 2.24. The van der Waals surface area contributed by atoms with Crippen molar-refractivity contribution >= 4 is 44.9 Å². The van der Waals surface area contributed by atoms with Crippen molar-refractivity contribution < 1.29 is 4.79 Å². The van der Waals surface area contributed by atoms with Crippen molar-refractivity contribution in [1.82, 2.24) is 9.97 Å². The molecule has 0 fully saturated rings. The Balaban J connectivity index is 1.87. The van der Waals surface area contributed by atoms with Crippen LogP contribution in [0.5, 0.6) is 0 Å². The number of amides is 1. The quantitative estimate of drug-likeness (QED) is 0.445. The summed E-state index contributed by atoms with van der Waals surface area (Å²) in [7, 11) is 0. The lowest BCUT2D eigenvalue weighted by Crippen LogP contribution is -2.37. The Labute approximate surface area is 167 Å². The average Bonchev–Trinajstić information content (AvgIpc) is 2.97. The molecule has 0 spiro atoms. The van der Waals surface area contributed by atoms with Gasteiger partial charge in [-0.3, -0.25) is 4.79 Å². The molecular formula is C20H20N4OS2. The number of thioether (sulfide) groups is 1. The summed E-state index contributed by atoms with van der Waals surface area (Å²) in [6.07, 6.45) is 1.85. The molecule has 0 aliphatic heterocycles. The summed E-state index contributed by atoms with van der Waals surface area (Å²) in [5, 5.41) is 10.5. The number of aromatic nitrogens is 2. The molecule has 0 bridgehead atoms. The first-order valence-corrected chi connectivity index (χ1v) is 10.3. The molecule has 0 aliphatic rings. The normalized spacial score (nSPS) is 11.9. The second-order valence-corrected chi connectivity index (χ2v) is 8.67. The van der Waals surface area contributed by atoms with Gasteiger partial charge in [0.1, 0.15) is 16.2 Å². The number of hydrogen-bond acceptors (Lipinski definition) is 6. The van der Waals surface area contributed by atoms with E-state index in [1.54, 1.807) is 22.6 Å². The van der Waals surface area contributed by atoms with Crippen LogP contribution < -0.4 is 4.90 Å². The number of nitriles is 1. The van der Waals surface area contributed by atoms with E-state index in [1.807, 2.05) is 37.3 Å². The lowest BCUT2D eigenvalue weighted by Gasteiger charge is -2.25. The second kappa shape index (κ2) is 8.51. The van der Waals surface area contributed by atoms with Crippen LogP contribution >= 0.6 is 23.1 Å². The van der Waals surface area contributed by atoms with Gasteiger partial charge in [0.15, 0.2) is 0 Å². The molecule has 7 heteroatoms. The molecule has 0 N–H and O–H groups in total. The summed E-state index contributed by atoms with van der Waals surface area (Å²) >= 11 is 3.09. The zero-order chi connectivity index (χ0) is 19.4. The van der Waals surface area contributed by atoms with E-state index in [1.165, 1.54) is 22.2 Å². The number of benzene rings is 1. The number of carbonyl (C=O) groups excluding carboxylic acids is 1. The zero-order valence-electron chi connectivity index (χ0n) is 15.5. The van der Waals surface area contributed by atoms with Crippen LogP contribution in [-0.2, 0) is 4.79 Å². The van der Waals surface area contributed by atoms with E-state index < -0.39 is 0 Å². The minimum Gasteiger partial charge on any atom is -0.310 e. The number of rotatable bonds is 6. The van der Waals surface area contributed by atoms with Crippen molar-refractivity contribution in [1.29, 1.82) is 5.26 Å². The third-order valence-corrected chi connectivity index (χ3v) is 6.55. The molecule has 3 rings (SSSR count). The first kappa shape index (κ1) is 19.3. The van der Waals surface area contributed by atoms with Gasteiger partial charge in [0.2, 0.25) is 5.91 Å². The molecule has 2 heterocycles. The highest BCUT2D eigenvalue weighted by atomic mass is 32.2. The minimum atomic E-state index is -0.332. The molecule has 0 aliphatic carbocycles. The van der Waals surface area contributed by atoms with E-state index in [-0.39, 0.29) is 11.2 Å². The summed E-state index contributed by atoms with van der Waals surface area (Å²) in [5.74, 6) is -0.0298. The molecule has 0 radical (unpaired) electrons. The average molecular weight is 397 g/mol. The number of fused-ring (bicyclic) bond motifs is 1. The summed E-state index contributed by atoms with van der Waals surface area (Å²) in [5.41, 5.74) is 1.97. The minimum absolute atomic E-state index is 0.0298. The van der Waals surface area contributed by atoms with Crippen LogP contribution in [0, 0.1) is 25.2 Å². The van der Waals surface area contributed by atoms with Crippen molar-refractivity contribution in [2.75, 3.05) is 11.4 Å². The largest absolute Gasteiger partial charge is 0.310 e. The zero-order valence-corrected chi connectivity index (χ0v) is 17.1. The van der Waals surface area contributed by atoms with Crippen molar-refractivity contribution in [2.24, 2.45) is 0 Å². The molecule has 1 amide bonds. The fourth-order valence-electron chi connectivity index (χ4n) is 2.81. The monoisotopic (exact) mass is 396 g/mol. The number of anilines is 1. The van der Waals surface area contributed by atoms with Gasteiger partial charge in [-0.15, -0.1) is 11.3 Å². The predicted molar refractivity (Wildman–Crippen MR) is 111 cm³/mol. The van der Waals surface area contributed by atoms with E-state index in [2.05, 4.69) is 29.9 Å². The third kappa shape index (κ3) is 4.12. The van der Waals surface area contributed by atoms with Crippen LogP contribution in [-0.4, -0.2) is 27.7 Å². The Morgan fingerprint density at radius 2 is 2.04 bits per heavy atom. The fraction of sp³-hybridized carbons (Fsp3) is 0.300. The number of para-hydroxylation sites is 1. The van der Waals surface area contributed by atoms with Crippen LogP contribution in [0.3, 0.4) is 0 Å². The van der Waals surface area contributed by atoms with Gasteiger partial charge >= 0.3 is 0 Å². The SMILES string of the molecule is Cc1sc2ncnc(S[C@@H](C)C(=O)N(CCC#N)c3ccccc3)c2c1C. The predicted octanol–water partition coefficient (Wildman–Crippen LogP) is 4.74. The molecule has 1 atom stereocenters. The van der Waals surface area contributed by atoms with E-state index in [0.717, 1.165) is 20.9 Å². The number of hydrogen-bond donors (Lipinski definition) is 0. The summed E-state index contributed by atoms with van der Waals surface area (Å²) in [6.45, 7) is 6.40. The number of carbonyl (C=O) groups is 1. The van der Waals surface area contributed by atoms with Gasteiger partial charge in [-0.05, 0) is 38.5 Å². The first-order valence-electron chi connectivity index (χ1n) is 8.63. The van der Waals surface area contributed by atoms with Crippen LogP contribution in [0.4, 0.5) is 5.69 Å². The Morgan fingerprint density at radius 1 is 1.30 bits per heavy atom. The van der Waals surface area contributed by atoms with Gasteiger partial charge < -0.3 is 4.90 Å². The Morgan fingerprint density at radius 3 is 2.74 bits per heavy atom. The standard InChI is InChI=1S/C20H20N4OS2/c1-13-14(2)26-18-17(13)19(23-12-22-18)27-15(3)20(25)24(11-7-10-21)16-8-5-4-6-9-16/h4-6,8-9,12,15H,7,11H2,1-3H3/t15-/m0/s1. The smallest absolute Gasteiger partial charge is 0.240 e. The second-order valence-electron chi connectivity index (χ2n) is 6.14. The van der Waals surface area contributed by atoms with Crippen molar-refractivity contribution in [3.8, 4) is 6.07 Å². The highest BCUT2D eigenvalue weighted by molar-refractivity contribution is 8.00. The van der Waals surface area contributed by atoms with Gasteiger partial charge in [0, 0.05) is 22.5 Å².